The Morgan fingerprint density at radius 2 is 1.58 bits per heavy atom. The molecule has 0 unspecified atom stereocenters. The molecule has 1 aliphatic carbocycles. The van der Waals surface area contributed by atoms with Crippen LogP contribution in [-0.4, -0.2) is 30.1 Å². The molecule has 2 nitrogen and oxygen atoms in total. The Labute approximate surface area is 121 Å². The minimum absolute atomic E-state index is 0.246. The zero-order valence-electron chi connectivity index (χ0n) is 14.0. The molecule has 0 bridgehead atoms. The van der Waals surface area contributed by atoms with E-state index < -0.39 is 0 Å². The molecule has 1 rings (SSSR count). The average molecular weight is 268 g/mol. The van der Waals surface area contributed by atoms with Crippen molar-refractivity contribution in [3.63, 3.8) is 0 Å². The van der Waals surface area contributed by atoms with E-state index in [0.29, 0.717) is 5.41 Å². The number of nitrogens with zero attached hydrogens (tertiary/aromatic N) is 1. The van der Waals surface area contributed by atoms with Gasteiger partial charge in [0.2, 0.25) is 0 Å². The topological polar surface area (TPSA) is 29.3 Å². The van der Waals surface area contributed by atoms with Gasteiger partial charge in [-0.1, -0.05) is 40.5 Å². The second-order valence-electron chi connectivity index (χ2n) is 7.43. The molecule has 0 atom stereocenters. The smallest absolute Gasteiger partial charge is 0.0331 e. The van der Waals surface area contributed by atoms with E-state index in [1.807, 2.05) is 0 Å². The first-order valence-corrected chi connectivity index (χ1v) is 8.34. The van der Waals surface area contributed by atoms with E-state index in [9.17, 15) is 0 Å². The van der Waals surface area contributed by atoms with Gasteiger partial charge in [-0.3, -0.25) is 4.90 Å². The Morgan fingerprint density at radius 3 is 1.95 bits per heavy atom. The summed E-state index contributed by atoms with van der Waals surface area (Å²) in [7, 11) is 2.33. The van der Waals surface area contributed by atoms with Crippen LogP contribution in [0.2, 0.25) is 0 Å². The molecule has 0 amide bonds. The highest BCUT2D eigenvalue weighted by Gasteiger charge is 2.38. The summed E-state index contributed by atoms with van der Waals surface area (Å²) in [6.07, 6.45) is 10.4. The monoisotopic (exact) mass is 268 g/mol. The van der Waals surface area contributed by atoms with Crippen molar-refractivity contribution < 1.29 is 0 Å². The minimum atomic E-state index is 0.246. The second-order valence-corrected chi connectivity index (χ2v) is 7.43. The highest BCUT2D eigenvalue weighted by atomic mass is 15.2. The molecular weight excluding hydrogens is 232 g/mol. The van der Waals surface area contributed by atoms with Gasteiger partial charge in [0.15, 0.2) is 0 Å². The van der Waals surface area contributed by atoms with Crippen molar-refractivity contribution in [2.45, 2.75) is 90.6 Å². The molecule has 0 aromatic heterocycles. The largest absolute Gasteiger partial charge is 0.329 e. The Bertz CT molecular complexity index is 244. The molecule has 0 spiro atoms. The van der Waals surface area contributed by atoms with Crippen LogP contribution < -0.4 is 5.73 Å². The van der Waals surface area contributed by atoms with Gasteiger partial charge in [0.05, 0.1) is 0 Å². The molecule has 114 valence electrons. The predicted octanol–water partition coefficient (Wildman–Crippen LogP) is 4.18. The molecule has 1 aliphatic rings. The third-order valence-corrected chi connectivity index (χ3v) is 5.42. The lowest BCUT2D eigenvalue weighted by atomic mass is 9.74. The summed E-state index contributed by atoms with van der Waals surface area (Å²) >= 11 is 0. The highest BCUT2D eigenvalue weighted by Crippen LogP contribution is 2.39. The molecule has 19 heavy (non-hydrogen) atoms. The van der Waals surface area contributed by atoms with Crippen molar-refractivity contribution in [2.75, 3.05) is 13.6 Å². The van der Waals surface area contributed by atoms with Gasteiger partial charge in [-0.25, -0.2) is 0 Å². The van der Waals surface area contributed by atoms with Crippen LogP contribution >= 0.6 is 0 Å². The molecule has 1 fully saturated rings. The second kappa shape index (κ2) is 7.08. The lowest BCUT2D eigenvalue weighted by Crippen LogP contribution is -2.56. The van der Waals surface area contributed by atoms with E-state index in [2.05, 4.69) is 39.6 Å². The number of hydrogen-bond acceptors (Lipinski definition) is 2. The lowest BCUT2D eigenvalue weighted by Gasteiger charge is -2.48. The quantitative estimate of drug-likeness (QED) is 0.750. The summed E-state index contributed by atoms with van der Waals surface area (Å²) in [6, 6.07) is 0.745. The molecule has 2 heteroatoms. The van der Waals surface area contributed by atoms with E-state index >= 15 is 0 Å². The number of hydrogen-bond donors (Lipinski definition) is 1. The van der Waals surface area contributed by atoms with Gasteiger partial charge in [0.25, 0.3) is 0 Å². The Hall–Kier alpha value is -0.0800. The molecule has 0 aromatic rings. The Balaban J connectivity index is 2.73. The van der Waals surface area contributed by atoms with Crippen LogP contribution in [0.15, 0.2) is 0 Å². The van der Waals surface area contributed by atoms with Crippen molar-refractivity contribution in [1.29, 1.82) is 0 Å². The van der Waals surface area contributed by atoms with Gasteiger partial charge >= 0.3 is 0 Å². The molecule has 0 aromatic carbocycles. The number of rotatable bonds is 7. The van der Waals surface area contributed by atoms with E-state index in [-0.39, 0.29) is 5.54 Å². The van der Waals surface area contributed by atoms with Gasteiger partial charge < -0.3 is 5.73 Å². The average Bonchev–Trinajstić information content (AvgIpc) is 2.37. The summed E-state index contributed by atoms with van der Waals surface area (Å²) in [6.45, 7) is 10.2. The maximum Gasteiger partial charge on any atom is 0.0331 e. The maximum atomic E-state index is 6.20. The van der Waals surface area contributed by atoms with Crippen molar-refractivity contribution in [1.82, 2.24) is 4.90 Å². The zero-order valence-corrected chi connectivity index (χ0v) is 14.0. The van der Waals surface area contributed by atoms with Gasteiger partial charge in [-0.15, -0.1) is 0 Å². The standard InChI is InChI=1S/C17H36N2/c1-6-10-17(14-18,11-7-2)19(5)15-8-12-16(3,4)13-9-15/h15H,6-14,18H2,1-5H3. The number of nitrogens with two attached hydrogens (primary N) is 1. The zero-order chi connectivity index (χ0) is 14.5. The Kier molecular flexibility index (Phi) is 6.32. The molecule has 2 N–H and O–H groups in total. The third-order valence-electron chi connectivity index (χ3n) is 5.42. The molecular formula is C17H36N2. The van der Waals surface area contributed by atoms with Gasteiger partial charge in [0, 0.05) is 18.1 Å². The fourth-order valence-corrected chi connectivity index (χ4v) is 3.92. The minimum Gasteiger partial charge on any atom is -0.329 e. The molecule has 0 saturated heterocycles. The first-order valence-electron chi connectivity index (χ1n) is 8.34. The van der Waals surface area contributed by atoms with E-state index in [1.165, 1.54) is 51.4 Å². The van der Waals surface area contributed by atoms with E-state index in [4.69, 9.17) is 5.73 Å². The maximum absolute atomic E-state index is 6.20. The van der Waals surface area contributed by atoms with Crippen LogP contribution in [0.3, 0.4) is 0 Å². The van der Waals surface area contributed by atoms with E-state index in [0.717, 1.165) is 12.6 Å². The first kappa shape index (κ1) is 17.0. The summed E-state index contributed by atoms with van der Waals surface area (Å²) in [4.78, 5) is 2.66. The van der Waals surface area contributed by atoms with Crippen molar-refractivity contribution in [2.24, 2.45) is 11.1 Å². The molecule has 0 aliphatic heterocycles. The van der Waals surface area contributed by atoms with Crippen molar-refractivity contribution in [3.05, 3.63) is 0 Å². The van der Waals surface area contributed by atoms with Crippen molar-refractivity contribution >= 4 is 0 Å². The summed E-state index contributed by atoms with van der Waals surface area (Å²) in [5.74, 6) is 0. The first-order chi connectivity index (χ1) is 8.90. The Morgan fingerprint density at radius 1 is 1.11 bits per heavy atom. The van der Waals surface area contributed by atoms with Crippen LogP contribution in [0.5, 0.6) is 0 Å². The van der Waals surface area contributed by atoms with Crippen LogP contribution in [-0.2, 0) is 0 Å². The summed E-state index contributed by atoms with van der Waals surface area (Å²) in [5, 5.41) is 0. The van der Waals surface area contributed by atoms with Gasteiger partial charge in [-0.05, 0) is 51.0 Å². The third kappa shape index (κ3) is 4.19. The van der Waals surface area contributed by atoms with Crippen LogP contribution in [0.4, 0.5) is 0 Å². The van der Waals surface area contributed by atoms with Crippen LogP contribution in [0.1, 0.15) is 79.1 Å². The van der Waals surface area contributed by atoms with Gasteiger partial charge in [0.1, 0.15) is 0 Å². The summed E-state index contributed by atoms with van der Waals surface area (Å²) < 4.78 is 0. The lowest BCUT2D eigenvalue weighted by molar-refractivity contribution is 0.0242. The highest BCUT2D eigenvalue weighted by molar-refractivity contribution is 4.95. The SMILES string of the molecule is CCCC(CN)(CCC)N(C)C1CCC(C)(C)CC1. The van der Waals surface area contributed by atoms with Gasteiger partial charge in [-0.2, -0.15) is 0 Å². The van der Waals surface area contributed by atoms with Crippen LogP contribution in [0, 0.1) is 5.41 Å². The number of likely N-dealkylation sites (N-methyl/N-ethyl adjacent to an activating group) is 1. The fourth-order valence-electron chi connectivity index (χ4n) is 3.92. The predicted molar refractivity (Wildman–Crippen MR) is 85.4 cm³/mol. The molecule has 1 saturated carbocycles. The summed E-state index contributed by atoms with van der Waals surface area (Å²) in [5.41, 5.74) is 7.00. The normalized spacial score (nSPS) is 21.0. The van der Waals surface area contributed by atoms with E-state index in [1.54, 1.807) is 0 Å². The fraction of sp³-hybridized carbons (Fsp3) is 1.00. The molecule has 0 radical (unpaired) electrons. The van der Waals surface area contributed by atoms with Crippen molar-refractivity contribution in [3.8, 4) is 0 Å². The van der Waals surface area contributed by atoms with Crippen LogP contribution in [0.25, 0.3) is 0 Å². The molecule has 0 heterocycles.